The van der Waals surface area contributed by atoms with Gasteiger partial charge in [0.25, 0.3) is 0 Å². The van der Waals surface area contributed by atoms with E-state index < -0.39 is 0 Å². The summed E-state index contributed by atoms with van der Waals surface area (Å²) in [6.07, 6.45) is 3.28. The zero-order valence-corrected chi connectivity index (χ0v) is 5.73. The third-order valence-electron chi connectivity index (χ3n) is 1.47. The van der Waals surface area contributed by atoms with Gasteiger partial charge in [-0.15, -0.1) is 0 Å². The molecule has 54 valence electrons. The Balaban J connectivity index is 2.83. The predicted molar refractivity (Wildman–Crippen MR) is 41.2 cm³/mol. The van der Waals surface area contributed by atoms with Gasteiger partial charge in [-0.3, -0.25) is 4.98 Å². The van der Waals surface area contributed by atoms with Gasteiger partial charge >= 0.3 is 0 Å². The quantitative estimate of drug-likeness (QED) is 0.610. The van der Waals surface area contributed by atoms with E-state index in [-0.39, 0.29) is 5.88 Å². The number of hydrogen-bond donors (Lipinski definition) is 1. The summed E-state index contributed by atoms with van der Waals surface area (Å²) >= 11 is 0. The molecule has 0 saturated heterocycles. The summed E-state index contributed by atoms with van der Waals surface area (Å²) in [5.41, 5.74) is 0.764. The van der Waals surface area contributed by atoms with Crippen molar-refractivity contribution < 1.29 is 5.11 Å². The average molecular weight is 146 g/mol. The van der Waals surface area contributed by atoms with Crippen molar-refractivity contribution >= 4 is 10.9 Å². The van der Waals surface area contributed by atoms with Gasteiger partial charge in [-0.2, -0.15) is 0 Å². The maximum absolute atomic E-state index is 8.98. The fraction of sp³-hybridized carbons (Fsp3) is 0. The van der Waals surface area contributed by atoms with Crippen LogP contribution in [0.5, 0.6) is 5.88 Å². The van der Waals surface area contributed by atoms with Crippen molar-refractivity contribution in [2.45, 2.75) is 0 Å². The first-order valence-electron chi connectivity index (χ1n) is 3.26. The van der Waals surface area contributed by atoms with Crippen LogP contribution in [0.25, 0.3) is 10.9 Å². The normalized spacial score (nSPS) is 10.2. The molecule has 0 aliphatic carbocycles. The van der Waals surface area contributed by atoms with E-state index in [0.717, 1.165) is 10.9 Å². The van der Waals surface area contributed by atoms with Crippen LogP contribution in [0.3, 0.4) is 0 Å². The lowest BCUT2D eigenvalue weighted by atomic mass is 10.3. The van der Waals surface area contributed by atoms with Crippen LogP contribution in [-0.4, -0.2) is 15.1 Å². The molecule has 3 nitrogen and oxygen atoms in total. The van der Waals surface area contributed by atoms with Crippen LogP contribution in [-0.2, 0) is 0 Å². The number of hydrogen-bond acceptors (Lipinski definition) is 3. The lowest BCUT2D eigenvalue weighted by Crippen LogP contribution is -1.78. The first-order valence-corrected chi connectivity index (χ1v) is 3.26. The molecule has 2 rings (SSSR count). The molecular formula is C8H6N2O. The minimum atomic E-state index is 0.0104. The Morgan fingerprint density at radius 3 is 3.09 bits per heavy atom. The van der Waals surface area contributed by atoms with E-state index in [9.17, 15) is 0 Å². The molecule has 2 heterocycles. The van der Waals surface area contributed by atoms with Crippen molar-refractivity contribution in [3.63, 3.8) is 0 Å². The van der Waals surface area contributed by atoms with Crippen LogP contribution in [0.1, 0.15) is 0 Å². The fourth-order valence-corrected chi connectivity index (χ4v) is 0.955. The molecule has 0 aliphatic rings. The molecule has 2 aromatic rings. The molecule has 3 heteroatoms. The third kappa shape index (κ3) is 1.00. The Morgan fingerprint density at radius 2 is 2.18 bits per heavy atom. The molecular weight excluding hydrogens is 140 g/mol. The van der Waals surface area contributed by atoms with Crippen molar-refractivity contribution in [3.05, 3.63) is 30.6 Å². The molecule has 0 aromatic carbocycles. The minimum absolute atomic E-state index is 0.0104. The van der Waals surface area contributed by atoms with E-state index in [0.29, 0.717) is 0 Å². The molecule has 0 spiro atoms. The van der Waals surface area contributed by atoms with Crippen LogP contribution in [0.15, 0.2) is 30.6 Å². The molecule has 0 saturated carbocycles. The van der Waals surface area contributed by atoms with Crippen molar-refractivity contribution in [2.24, 2.45) is 0 Å². The molecule has 0 fully saturated rings. The summed E-state index contributed by atoms with van der Waals surface area (Å²) in [6.45, 7) is 0. The minimum Gasteiger partial charge on any atom is -0.493 e. The van der Waals surface area contributed by atoms with Gasteiger partial charge in [-0.25, -0.2) is 4.98 Å². The molecule has 0 aliphatic heterocycles. The van der Waals surface area contributed by atoms with Gasteiger partial charge < -0.3 is 5.11 Å². The number of nitrogens with zero attached hydrogens (tertiary/aromatic N) is 2. The summed E-state index contributed by atoms with van der Waals surface area (Å²) in [5, 5.41) is 9.91. The summed E-state index contributed by atoms with van der Waals surface area (Å²) in [6, 6.07) is 5.27. The van der Waals surface area contributed by atoms with Crippen LogP contribution in [0.2, 0.25) is 0 Å². The standard InChI is InChI=1S/C8H6N2O/c11-8-4-7-6(5-10-8)2-1-3-9-7/h1-5H,(H,10,11). The SMILES string of the molecule is Oc1cc2ncccc2cn1. The highest BCUT2D eigenvalue weighted by Crippen LogP contribution is 2.13. The number of fused-ring (bicyclic) bond motifs is 1. The van der Waals surface area contributed by atoms with Crippen molar-refractivity contribution in [2.75, 3.05) is 0 Å². The van der Waals surface area contributed by atoms with Gasteiger partial charge in [0.2, 0.25) is 5.88 Å². The van der Waals surface area contributed by atoms with Gasteiger partial charge in [-0.05, 0) is 12.1 Å². The summed E-state index contributed by atoms with van der Waals surface area (Å²) in [7, 11) is 0. The Kier molecular flexibility index (Phi) is 1.22. The Morgan fingerprint density at radius 1 is 1.27 bits per heavy atom. The lowest BCUT2D eigenvalue weighted by Gasteiger charge is -1.94. The molecule has 0 amide bonds. The van der Waals surface area contributed by atoms with Crippen LogP contribution in [0.4, 0.5) is 0 Å². The molecule has 0 atom stereocenters. The predicted octanol–water partition coefficient (Wildman–Crippen LogP) is 1.34. The smallest absolute Gasteiger partial charge is 0.212 e. The van der Waals surface area contributed by atoms with E-state index in [1.807, 2.05) is 12.1 Å². The average Bonchev–Trinajstić information content (AvgIpc) is 2.04. The zero-order valence-electron chi connectivity index (χ0n) is 5.73. The highest BCUT2D eigenvalue weighted by molar-refractivity contribution is 5.77. The van der Waals surface area contributed by atoms with Gasteiger partial charge in [0.1, 0.15) is 0 Å². The number of pyridine rings is 2. The van der Waals surface area contributed by atoms with E-state index in [1.165, 1.54) is 6.07 Å². The van der Waals surface area contributed by atoms with E-state index in [2.05, 4.69) is 9.97 Å². The molecule has 0 radical (unpaired) electrons. The second-order valence-electron chi connectivity index (χ2n) is 2.24. The second-order valence-corrected chi connectivity index (χ2v) is 2.24. The highest BCUT2D eigenvalue weighted by atomic mass is 16.3. The molecule has 0 bridgehead atoms. The maximum atomic E-state index is 8.98. The first-order chi connectivity index (χ1) is 5.36. The number of aromatic hydroxyl groups is 1. The van der Waals surface area contributed by atoms with Gasteiger partial charge in [0, 0.05) is 23.8 Å². The topological polar surface area (TPSA) is 46.0 Å². The van der Waals surface area contributed by atoms with Crippen molar-refractivity contribution in [1.29, 1.82) is 0 Å². The number of aromatic nitrogens is 2. The van der Waals surface area contributed by atoms with Gasteiger partial charge in [-0.1, -0.05) is 0 Å². The first kappa shape index (κ1) is 6.09. The second kappa shape index (κ2) is 2.20. The third-order valence-corrected chi connectivity index (χ3v) is 1.47. The fourth-order valence-electron chi connectivity index (χ4n) is 0.955. The summed E-state index contributed by atoms with van der Waals surface area (Å²) < 4.78 is 0. The van der Waals surface area contributed by atoms with Crippen LogP contribution in [0, 0.1) is 0 Å². The van der Waals surface area contributed by atoms with Crippen LogP contribution < -0.4 is 0 Å². The molecule has 1 N–H and O–H groups in total. The Bertz CT molecular complexity index is 387. The van der Waals surface area contributed by atoms with E-state index >= 15 is 0 Å². The van der Waals surface area contributed by atoms with Gasteiger partial charge in [0.05, 0.1) is 5.52 Å². The summed E-state index contributed by atoms with van der Waals surface area (Å²) in [4.78, 5) is 7.76. The maximum Gasteiger partial charge on any atom is 0.212 e. The monoisotopic (exact) mass is 146 g/mol. The highest BCUT2D eigenvalue weighted by Gasteiger charge is 1.93. The Labute approximate surface area is 63.3 Å². The van der Waals surface area contributed by atoms with Crippen LogP contribution >= 0.6 is 0 Å². The lowest BCUT2D eigenvalue weighted by molar-refractivity contribution is 0.454. The van der Waals surface area contributed by atoms with Gasteiger partial charge in [0.15, 0.2) is 0 Å². The zero-order chi connectivity index (χ0) is 7.68. The van der Waals surface area contributed by atoms with Crippen molar-refractivity contribution in [3.8, 4) is 5.88 Å². The van der Waals surface area contributed by atoms with E-state index in [1.54, 1.807) is 12.4 Å². The van der Waals surface area contributed by atoms with Crippen molar-refractivity contribution in [1.82, 2.24) is 9.97 Å². The molecule has 11 heavy (non-hydrogen) atoms. The van der Waals surface area contributed by atoms with E-state index in [4.69, 9.17) is 5.11 Å². The molecule has 0 unspecified atom stereocenters. The Hall–Kier alpha value is -1.64. The summed E-state index contributed by atoms with van der Waals surface area (Å²) in [5.74, 6) is 0.0104. The molecule has 2 aromatic heterocycles. The number of rotatable bonds is 0. The largest absolute Gasteiger partial charge is 0.493 e.